The number of carbonyl (C=O) groups is 1. The Hall–Kier alpha value is -1.86. The van der Waals surface area contributed by atoms with Gasteiger partial charge in [-0.25, -0.2) is 4.39 Å². The Kier molecular flexibility index (Phi) is 3.69. The molecule has 3 rings (SSSR count). The molecule has 6 atom stereocenters. The molecule has 2 aliphatic rings. The van der Waals surface area contributed by atoms with Crippen LogP contribution < -0.4 is 0 Å². The maximum Gasteiger partial charge on any atom is 0.313 e. The Bertz CT molecular complexity index is 553. The maximum absolute atomic E-state index is 14.4. The fourth-order valence-corrected chi connectivity index (χ4v) is 2.70. The number of ether oxygens (including phenoxy) is 1. The first-order valence-electron chi connectivity index (χ1n) is 6.72. The molecule has 1 saturated heterocycles. The number of nitrogens with zero attached hydrogens (tertiary/aromatic N) is 2. The number of rotatable bonds is 3. The van der Waals surface area contributed by atoms with E-state index in [0.29, 0.717) is 0 Å². The summed E-state index contributed by atoms with van der Waals surface area (Å²) in [5, 5.41) is 27.8. The van der Waals surface area contributed by atoms with Crippen LogP contribution in [0.5, 0.6) is 0 Å². The minimum Gasteiger partial charge on any atom is -0.456 e. The second kappa shape index (κ2) is 5.50. The Morgan fingerprint density at radius 3 is 2.76 bits per heavy atom. The highest BCUT2D eigenvalue weighted by atomic mass is 19.1. The predicted molar refractivity (Wildman–Crippen MR) is 69.2 cm³/mol. The number of benzene rings is 1. The molecule has 0 aromatic heterocycles. The highest BCUT2D eigenvalue weighted by Crippen LogP contribution is 2.34. The van der Waals surface area contributed by atoms with Gasteiger partial charge < -0.3 is 14.9 Å². The largest absolute Gasteiger partial charge is 0.456 e. The number of aliphatic hydroxyl groups excluding tert-OH is 2. The summed E-state index contributed by atoms with van der Waals surface area (Å²) >= 11 is 0. The Balaban J connectivity index is 1.79. The molecule has 0 spiro atoms. The monoisotopic (exact) mass is 294 g/mol. The molecule has 6 nitrogen and oxygen atoms in total. The van der Waals surface area contributed by atoms with Crippen molar-refractivity contribution < 1.29 is 24.1 Å². The van der Waals surface area contributed by atoms with E-state index >= 15 is 0 Å². The maximum atomic E-state index is 14.4. The van der Waals surface area contributed by atoms with Crippen molar-refractivity contribution in [3.8, 4) is 0 Å². The smallest absolute Gasteiger partial charge is 0.313 e. The molecule has 2 heterocycles. The van der Waals surface area contributed by atoms with E-state index in [1.165, 1.54) is 12.1 Å². The Labute approximate surface area is 120 Å². The van der Waals surface area contributed by atoms with E-state index in [-0.39, 0.29) is 12.1 Å². The average molecular weight is 294 g/mol. The second-order valence-electron chi connectivity index (χ2n) is 5.23. The number of halogens is 1. The number of hydrogen-bond donors (Lipinski definition) is 2. The van der Waals surface area contributed by atoms with E-state index < -0.39 is 42.4 Å². The van der Waals surface area contributed by atoms with E-state index in [1.54, 1.807) is 18.2 Å². The molecule has 1 aromatic rings. The summed E-state index contributed by atoms with van der Waals surface area (Å²) in [5.41, 5.74) is 0.253. The number of carbonyl (C=O) groups excluding carboxylic acids is 1. The Morgan fingerprint density at radius 2 is 2.05 bits per heavy atom. The zero-order chi connectivity index (χ0) is 15.0. The molecule has 0 saturated carbocycles. The van der Waals surface area contributed by atoms with Crippen LogP contribution in [0.25, 0.3) is 0 Å². The van der Waals surface area contributed by atoms with Crippen LogP contribution in [0.15, 0.2) is 40.6 Å². The van der Waals surface area contributed by atoms with Crippen molar-refractivity contribution in [1.82, 2.24) is 0 Å². The minimum atomic E-state index is -1.77. The number of hydrogen-bond acceptors (Lipinski definition) is 6. The van der Waals surface area contributed by atoms with Crippen molar-refractivity contribution in [2.24, 2.45) is 16.1 Å². The number of esters is 1. The first kappa shape index (κ1) is 14.1. The van der Waals surface area contributed by atoms with Crippen molar-refractivity contribution >= 4 is 5.97 Å². The van der Waals surface area contributed by atoms with E-state index in [2.05, 4.69) is 10.2 Å². The van der Waals surface area contributed by atoms with Gasteiger partial charge in [0.15, 0.2) is 12.3 Å². The van der Waals surface area contributed by atoms with Gasteiger partial charge in [0.05, 0.1) is 6.54 Å². The summed E-state index contributed by atoms with van der Waals surface area (Å²) in [5.74, 6) is -1.25. The molecular formula is C14H15FN2O4. The number of fused-ring (bicyclic) bond motifs is 1. The number of aliphatic hydroxyl groups is 2. The normalized spacial score (nSPS) is 34.1. The van der Waals surface area contributed by atoms with E-state index in [4.69, 9.17) is 4.74 Å². The third-order valence-electron chi connectivity index (χ3n) is 3.90. The topological polar surface area (TPSA) is 91.5 Å². The van der Waals surface area contributed by atoms with Gasteiger partial charge in [-0.05, 0) is 5.56 Å². The third kappa shape index (κ3) is 2.43. The molecule has 0 radical (unpaired) electrons. The van der Waals surface area contributed by atoms with Crippen LogP contribution >= 0.6 is 0 Å². The van der Waals surface area contributed by atoms with E-state index in [1.807, 2.05) is 0 Å². The van der Waals surface area contributed by atoms with E-state index in [0.717, 1.165) is 0 Å². The van der Waals surface area contributed by atoms with Crippen LogP contribution in [0.3, 0.4) is 0 Å². The molecule has 7 heteroatoms. The molecule has 112 valence electrons. The molecule has 1 fully saturated rings. The molecule has 1 aromatic carbocycles. The van der Waals surface area contributed by atoms with Crippen LogP contribution in [0.4, 0.5) is 4.39 Å². The summed E-state index contributed by atoms with van der Waals surface area (Å²) in [6.45, 7) is 0.154. The summed E-state index contributed by atoms with van der Waals surface area (Å²) in [4.78, 5) is 11.8. The predicted octanol–water partition coefficient (Wildman–Crippen LogP) is 0.795. The average Bonchev–Trinajstić information content (AvgIpc) is 3.01. The summed E-state index contributed by atoms with van der Waals surface area (Å²) in [7, 11) is 0. The Morgan fingerprint density at radius 1 is 1.33 bits per heavy atom. The van der Waals surface area contributed by atoms with Crippen LogP contribution in [0, 0.1) is 5.92 Å². The quantitative estimate of drug-likeness (QED) is 0.806. The zero-order valence-electron chi connectivity index (χ0n) is 11.0. The molecule has 0 aliphatic carbocycles. The number of azo groups is 1. The van der Waals surface area contributed by atoms with Crippen molar-refractivity contribution in [2.75, 3.05) is 6.54 Å². The van der Waals surface area contributed by atoms with Gasteiger partial charge in [0.25, 0.3) is 0 Å². The lowest BCUT2D eigenvalue weighted by atomic mass is 9.86. The third-order valence-corrected chi connectivity index (χ3v) is 3.90. The lowest BCUT2D eigenvalue weighted by Crippen LogP contribution is -2.56. The minimum absolute atomic E-state index is 0.154. The van der Waals surface area contributed by atoms with Gasteiger partial charge in [-0.2, -0.15) is 10.2 Å². The van der Waals surface area contributed by atoms with Gasteiger partial charge in [-0.15, -0.1) is 0 Å². The summed E-state index contributed by atoms with van der Waals surface area (Å²) in [6.07, 6.45) is -6.06. The van der Waals surface area contributed by atoms with E-state index in [9.17, 15) is 19.4 Å². The van der Waals surface area contributed by atoms with Crippen LogP contribution in [-0.4, -0.2) is 47.1 Å². The first-order valence-corrected chi connectivity index (χ1v) is 6.72. The van der Waals surface area contributed by atoms with Crippen molar-refractivity contribution in [3.63, 3.8) is 0 Å². The van der Waals surface area contributed by atoms with Gasteiger partial charge in [0.2, 0.25) is 0 Å². The van der Waals surface area contributed by atoms with Gasteiger partial charge in [0.1, 0.15) is 24.2 Å². The molecule has 21 heavy (non-hydrogen) atoms. The highest BCUT2D eigenvalue weighted by molar-refractivity contribution is 5.75. The van der Waals surface area contributed by atoms with Crippen molar-refractivity contribution in [1.29, 1.82) is 0 Å². The summed E-state index contributed by atoms with van der Waals surface area (Å²) < 4.78 is 19.4. The standard InChI is InChI=1S/C14H15FN2O4/c15-9(7-4-2-1-3-5-7)11(18)13-12(19)10-8(6-16-17-10)14(20)21-13/h1-5,8-13,18-19H,6H2/t8-,9-,10+,11+,12+,13+/m1/s1. The van der Waals surface area contributed by atoms with Crippen molar-refractivity contribution in [3.05, 3.63) is 35.9 Å². The molecule has 2 N–H and O–H groups in total. The van der Waals surface area contributed by atoms with Gasteiger partial charge >= 0.3 is 5.97 Å². The van der Waals surface area contributed by atoms with Crippen LogP contribution in [-0.2, 0) is 9.53 Å². The first-order chi connectivity index (χ1) is 10.1. The lowest BCUT2D eigenvalue weighted by Gasteiger charge is -2.36. The van der Waals surface area contributed by atoms with Gasteiger partial charge in [-0.3, -0.25) is 4.79 Å². The fourth-order valence-electron chi connectivity index (χ4n) is 2.70. The fraction of sp³-hybridized carbons (Fsp3) is 0.500. The number of alkyl halides is 1. The molecular weight excluding hydrogens is 279 g/mol. The number of cyclic esters (lactones) is 1. The SMILES string of the molecule is O=C1O[C@@H]([C@@H](O)[C@H](F)c2ccccc2)[C@@H](O)[C@H]2N=NC[C@@H]12. The lowest BCUT2D eigenvalue weighted by molar-refractivity contribution is -0.189. The molecule has 2 aliphatic heterocycles. The highest BCUT2D eigenvalue weighted by Gasteiger charge is 2.51. The summed E-state index contributed by atoms with van der Waals surface area (Å²) in [6, 6.07) is 7.26. The van der Waals surface area contributed by atoms with Gasteiger partial charge in [0, 0.05) is 0 Å². The molecule has 0 amide bonds. The van der Waals surface area contributed by atoms with Crippen LogP contribution in [0.1, 0.15) is 11.7 Å². The van der Waals surface area contributed by atoms with Crippen LogP contribution in [0.2, 0.25) is 0 Å². The zero-order valence-corrected chi connectivity index (χ0v) is 11.0. The van der Waals surface area contributed by atoms with Gasteiger partial charge in [-0.1, -0.05) is 30.3 Å². The second-order valence-corrected chi connectivity index (χ2v) is 5.23. The molecule has 0 unspecified atom stereocenters. The molecule has 0 bridgehead atoms. The van der Waals surface area contributed by atoms with Crippen molar-refractivity contribution in [2.45, 2.75) is 30.5 Å².